The number of carbonyl (C=O) groups excluding carboxylic acids is 1. The fourth-order valence-electron chi connectivity index (χ4n) is 3.23. The maximum atomic E-state index is 12.7. The van der Waals surface area contributed by atoms with Crippen LogP contribution < -0.4 is 4.74 Å². The summed E-state index contributed by atoms with van der Waals surface area (Å²) in [6, 6.07) is 9.46. The number of ether oxygens (including phenoxy) is 1. The Hall–Kier alpha value is -3.47. The number of carbonyl (C=O) groups is 1. The van der Waals surface area contributed by atoms with Crippen molar-refractivity contribution in [1.82, 2.24) is 20.0 Å². The monoisotopic (exact) mass is 363 g/mol. The Morgan fingerprint density at radius 1 is 1.33 bits per heavy atom. The van der Waals surface area contributed by atoms with E-state index >= 15 is 0 Å². The normalized spacial score (nSPS) is 16.9. The zero-order valence-corrected chi connectivity index (χ0v) is 14.5. The molecule has 1 aliphatic rings. The zero-order valence-electron chi connectivity index (χ0n) is 14.5. The molecule has 1 aromatic carbocycles. The topological polar surface area (TPSA) is 105 Å². The average Bonchev–Trinajstić information content (AvgIpc) is 3.11. The second-order valence-electron chi connectivity index (χ2n) is 6.35. The first-order valence-corrected chi connectivity index (χ1v) is 8.73. The number of nitrogens with zero attached hydrogens (tertiary/aromatic N) is 5. The third-order valence-corrected chi connectivity index (χ3v) is 4.55. The van der Waals surface area contributed by atoms with Crippen molar-refractivity contribution in [3.63, 3.8) is 0 Å². The van der Waals surface area contributed by atoms with Gasteiger partial charge in [0.15, 0.2) is 5.58 Å². The summed E-state index contributed by atoms with van der Waals surface area (Å²) in [5.74, 6) is 0.184. The minimum Gasteiger partial charge on any atom is -0.470 e. The molecule has 3 aromatic rings. The van der Waals surface area contributed by atoms with Gasteiger partial charge in [-0.05, 0) is 25.0 Å². The molecule has 3 heterocycles. The van der Waals surface area contributed by atoms with E-state index in [0.29, 0.717) is 24.4 Å². The lowest BCUT2D eigenvalue weighted by Crippen LogP contribution is -2.45. The van der Waals surface area contributed by atoms with Crippen LogP contribution in [0.25, 0.3) is 11.0 Å². The van der Waals surface area contributed by atoms with Gasteiger partial charge in [-0.15, -0.1) is 0 Å². The van der Waals surface area contributed by atoms with Gasteiger partial charge in [-0.1, -0.05) is 17.3 Å². The summed E-state index contributed by atoms with van der Waals surface area (Å²) in [6.07, 6.45) is 4.50. The number of benzene rings is 1. The standard InChI is InChI=1S/C19H17N5O3/c20-11-16-19(22-8-7-21-16)26-13-4-3-9-24(12-13)18(25)10-15-14-5-1-2-6-17(14)27-23-15/h1-2,5-8,13H,3-4,9-10,12H2. The molecular weight excluding hydrogens is 346 g/mol. The number of amides is 1. The van der Waals surface area contributed by atoms with Crippen LogP contribution >= 0.6 is 0 Å². The van der Waals surface area contributed by atoms with E-state index in [9.17, 15) is 4.79 Å². The smallest absolute Gasteiger partial charge is 0.251 e. The molecule has 0 bridgehead atoms. The highest BCUT2D eigenvalue weighted by Crippen LogP contribution is 2.21. The van der Waals surface area contributed by atoms with Gasteiger partial charge in [-0.3, -0.25) is 4.79 Å². The molecule has 8 heteroatoms. The van der Waals surface area contributed by atoms with Crippen LogP contribution in [0.5, 0.6) is 5.88 Å². The van der Waals surface area contributed by atoms with Gasteiger partial charge in [0.05, 0.1) is 13.0 Å². The molecule has 0 spiro atoms. The third-order valence-electron chi connectivity index (χ3n) is 4.55. The molecule has 27 heavy (non-hydrogen) atoms. The molecule has 4 rings (SSSR count). The van der Waals surface area contributed by atoms with Crippen molar-refractivity contribution in [3.05, 3.63) is 48.0 Å². The Morgan fingerprint density at radius 3 is 3.07 bits per heavy atom. The highest BCUT2D eigenvalue weighted by molar-refractivity contribution is 5.86. The molecule has 0 radical (unpaired) electrons. The summed E-state index contributed by atoms with van der Waals surface area (Å²) >= 11 is 0. The Labute approximate surface area is 155 Å². The molecule has 1 atom stereocenters. The van der Waals surface area contributed by atoms with Crippen molar-refractivity contribution >= 4 is 16.9 Å². The van der Waals surface area contributed by atoms with Crippen molar-refractivity contribution in [1.29, 1.82) is 5.26 Å². The largest absolute Gasteiger partial charge is 0.470 e. The molecule has 1 unspecified atom stereocenters. The maximum absolute atomic E-state index is 12.7. The van der Waals surface area contributed by atoms with Gasteiger partial charge in [0.25, 0.3) is 5.88 Å². The number of aromatic nitrogens is 3. The second-order valence-corrected chi connectivity index (χ2v) is 6.35. The van der Waals surface area contributed by atoms with E-state index in [0.717, 1.165) is 18.2 Å². The SMILES string of the molecule is N#Cc1nccnc1OC1CCCN(C(=O)Cc2noc3ccccc23)C1. The van der Waals surface area contributed by atoms with Gasteiger partial charge in [-0.25, -0.2) is 9.97 Å². The van der Waals surface area contributed by atoms with Crippen LogP contribution in [0.2, 0.25) is 0 Å². The van der Waals surface area contributed by atoms with E-state index < -0.39 is 0 Å². The molecule has 1 saturated heterocycles. The number of likely N-dealkylation sites (tertiary alicyclic amines) is 1. The van der Waals surface area contributed by atoms with Gasteiger partial charge in [0, 0.05) is 24.3 Å². The molecule has 0 N–H and O–H groups in total. The number of piperidine rings is 1. The fraction of sp³-hybridized carbons (Fsp3) is 0.316. The highest BCUT2D eigenvalue weighted by atomic mass is 16.5. The Bertz CT molecular complexity index is 1010. The maximum Gasteiger partial charge on any atom is 0.251 e. The van der Waals surface area contributed by atoms with Crippen molar-refractivity contribution in [3.8, 4) is 11.9 Å². The quantitative estimate of drug-likeness (QED) is 0.699. The van der Waals surface area contributed by atoms with Gasteiger partial charge >= 0.3 is 0 Å². The van der Waals surface area contributed by atoms with Gasteiger partial charge in [-0.2, -0.15) is 5.26 Å². The minimum atomic E-state index is -0.222. The van der Waals surface area contributed by atoms with E-state index in [2.05, 4.69) is 15.1 Å². The molecule has 1 amide bonds. The van der Waals surface area contributed by atoms with Crippen LogP contribution in [0.15, 0.2) is 41.2 Å². The number of hydrogen-bond acceptors (Lipinski definition) is 7. The van der Waals surface area contributed by atoms with Gasteiger partial charge < -0.3 is 14.2 Å². The second kappa shape index (κ2) is 7.41. The molecule has 1 aliphatic heterocycles. The van der Waals surface area contributed by atoms with Gasteiger partial charge in [0.2, 0.25) is 11.6 Å². The minimum absolute atomic E-state index is 0.0259. The summed E-state index contributed by atoms with van der Waals surface area (Å²) in [6.45, 7) is 1.11. The predicted octanol–water partition coefficient (Wildman–Crippen LogP) is 2.10. The van der Waals surface area contributed by atoms with Crippen LogP contribution in [0.4, 0.5) is 0 Å². The first-order chi connectivity index (χ1) is 13.2. The molecular formula is C19H17N5O3. The van der Waals surface area contributed by atoms with E-state index in [4.69, 9.17) is 14.5 Å². The van der Waals surface area contributed by atoms with E-state index in [1.54, 1.807) is 4.90 Å². The van der Waals surface area contributed by atoms with Crippen molar-refractivity contribution in [2.24, 2.45) is 0 Å². The molecule has 136 valence electrons. The van der Waals surface area contributed by atoms with E-state index in [-0.39, 0.29) is 30.0 Å². The summed E-state index contributed by atoms with van der Waals surface area (Å²) in [7, 11) is 0. The molecule has 0 saturated carbocycles. The predicted molar refractivity (Wildman–Crippen MR) is 94.7 cm³/mol. The fourth-order valence-corrected chi connectivity index (χ4v) is 3.23. The lowest BCUT2D eigenvalue weighted by molar-refractivity contribution is -0.133. The van der Waals surface area contributed by atoms with E-state index in [1.807, 2.05) is 30.3 Å². The lowest BCUT2D eigenvalue weighted by atomic mass is 10.1. The Morgan fingerprint density at radius 2 is 2.19 bits per heavy atom. The number of nitriles is 1. The van der Waals surface area contributed by atoms with E-state index in [1.165, 1.54) is 12.4 Å². The number of hydrogen-bond donors (Lipinski definition) is 0. The summed E-state index contributed by atoms with van der Waals surface area (Å²) < 4.78 is 11.1. The number of rotatable bonds is 4. The average molecular weight is 363 g/mol. The highest BCUT2D eigenvalue weighted by Gasteiger charge is 2.27. The Kier molecular flexibility index (Phi) is 4.66. The molecule has 1 fully saturated rings. The zero-order chi connectivity index (χ0) is 18.6. The third kappa shape index (κ3) is 3.58. The van der Waals surface area contributed by atoms with Crippen molar-refractivity contribution in [2.45, 2.75) is 25.4 Å². The van der Waals surface area contributed by atoms with Crippen LogP contribution in [-0.4, -0.2) is 45.1 Å². The molecule has 0 aliphatic carbocycles. The van der Waals surface area contributed by atoms with Crippen LogP contribution in [0, 0.1) is 11.3 Å². The van der Waals surface area contributed by atoms with Crippen molar-refractivity contribution in [2.75, 3.05) is 13.1 Å². The Balaban J connectivity index is 1.43. The van der Waals surface area contributed by atoms with Crippen molar-refractivity contribution < 1.29 is 14.1 Å². The summed E-state index contributed by atoms with van der Waals surface area (Å²) in [4.78, 5) is 22.5. The summed E-state index contributed by atoms with van der Waals surface area (Å²) in [5, 5.41) is 14.0. The van der Waals surface area contributed by atoms with Crippen LogP contribution in [0.3, 0.4) is 0 Å². The number of para-hydroxylation sites is 1. The van der Waals surface area contributed by atoms with Crippen LogP contribution in [0.1, 0.15) is 24.2 Å². The lowest BCUT2D eigenvalue weighted by Gasteiger charge is -2.32. The van der Waals surface area contributed by atoms with Gasteiger partial charge in [0.1, 0.15) is 17.9 Å². The molecule has 2 aromatic heterocycles. The summed E-state index contributed by atoms with van der Waals surface area (Å²) in [5.41, 5.74) is 1.46. The first kappa shape index (κ1) is 17.0. The number of fused-ring (bicyclic) bond motifs is 1. The van der Waals surface area contributed by atoms with Crippen LogP contribution in [-0.2, 0) is 11.2 Å². The molecule has 8 nitrogen and oxygen atoms in total. The first-order valence-electron chi connectivity index (χ1n) is 8.73.